The van der Waals surface area contributed by atoms with Crippen molar-refractivity contribution in [2.75, 3.05) is 13.1 Å². The Kier molecular flexibility index (Phi) is 6.87. The second-order valence-electron chi connectivity index (χ2n) is 6.14. The number of carbonyl (C=O) groups is 2. The van der Waals surface area contributed by atoms with Crippen molar-refractivity contribution in [1.82, 2.24) is 10.1 Å². The number of likely N-dealkylation sites (tertiary alicyclic amines) is 1. The van der Waals surface area contributed by atoms with Gasteiger partial charge in [0.2, 0.25) is 11.7 Å². The van der Waals surface area contributed by atoms with Crippen LogP contribution in [0.2, 0.25) is 0 Å². The minimum Gasteiger partial charge on any atom is -0.369 e. The van der Waals surface area contributed by atoms with Crippen LogP contribution in [0, 0.1) is 12.8 Å². The summed E-state index contributed by atoms with van der Waals surface area (Å²) in [6.45, 7) is 6.04. The average molecular weight is 417 g/mol. The van der Waals surface area contributed by atoms with Crippen molar-refractivity contribution >= 4 is 23.2 Å². The molecule has 1 atom stereocenters. The highest BCUT2D eigenvalue weighted by atomic mass is 32.1. The lowest BCUT2D eigenvalue weighted by molar-refractivity contribution is -0.156. The lowest BCUT2D eigenvalue weighted by atomic mass is 9.97. The molecule has 154 valence electrons. The van der Waals surface area contributed by atoms with Gasteiger partial charge in [-0.25, -0.2) is 0 Å². The van der Waals surface area contributed by atoms with Crippen molar-refractivity contribution in [3.63, 3.8) is 0 Å². The van der Waals surface area contributed by atoms with E-state index < -0.39 is 17.8 Å². The molecule has 3 heterocycles. The van der Waals surface area contributed by atoms with Gasteiger partial charge in [0, 0.05) is 18.7 Å². The van der Waals surface area contributed by atoms with E-state index >= 15 is 0 Å². The van der Waals surface area contributed by atoms with E-state index in [0.29, 0.717) is 29.1 Å². The van der Waals surface area contributed by atoms with Crippen molar-refractivity contribution in [3.05, 3.63) is 28.3 Å². The Morgan fingerprint density at radius 1 is 1.32 bits per heavy atom. The monoisotopic (exact) mass is 417 g/mol. The average Bonchev–Trinajstić information content (AvgIpc) is 3.29. The molecule has 3 rings (SSSR count). The first kappa shape index (κ1) is 21.9. The Morgan fingerprint density at radius 2 is 2.00 bits per heavy atom. The van der Waals surface area contributed by atoms with Crippen LogP contribution in [0.4, 0.5) is 13.2 Å². The van der Waals surface area contributed by atoms with Gasteiger partial charge in [-0.2, -0.15) is 13.2 Å². The Bertz CT molecular complexity index is 845. The van der Waals surface area contributed by atoms with Crippen molar-refractivity contribution < 1.29 is 27.3 Å². The number of rotatable bonds is 3. The van der Waals surface area contributed by atoms with Gasteiger partial charge in [0.15, 0.2) is 0 Å². The predicted molar refractivity (Wildman–Crippen MR) is 98.7 cm³/mol. The molecule has 1 unspecified atom stereocenters. The number of nitrogens with zero attached hydrogens (tertiary/aromatic N) is 2. The minimum atomic E-state index is -4.62. The van der Waals surface area contributed by atoms with Gasteiger partial charge in [0.25, 0.3) is 5.91 Å². The quantitative estimate of drug-likeness (QED) is 0.814. The van der Waals surface area contributed by atoms with Crippen molar-refractivity contribution in [2.45, 2.75) is 39.8 Å². The number of piperidine rings is 1. The number of primary amides is 1. The van der Waals surface area contributed by atoms with Crippen LogP contribution in [0.25, 0.3) is 10.6 Å². The SMILES string of the molecule is CC.Cc1c(-c2ccc(C(=O)N3CCCC(C(N)=O)C3)s2)noc1C(F)(F)F. The fraction of sp³-hybridized carbons (Fsp3) is 0.500. The summed E-state index contributed by atoms with van der Waals surface area (Å²) in [5, 5.41) is 3.50. The Labute approximate surface area is 164 Å². The highest BCUT2D eigenvalue weighted by Crippen LogP contribution is 2.38. The van der Waals surface area contributed by atoms with Crippen molar-refractivity contribution in [2.24, 2.45) is 11.7 Å². The summed E-state index contributed by atoms with van der Waals surface area (Å²) >= 11 is 1.04. The van der Waals surface area contributed by atoms with Crippen LogP contribution in [0.1, 0.15) is 47.7 Å². The molecule has 1 saturated heterocycles. The zero-order valence-electron chi connectivity index (χ0n) is 15.8. The largest absolute Gasteiger partial charge is 0.452 e. The standard InChI is InChI=1S/C16H16F3N3O3S.C2H6/c1-8-12(21-25-13(8)16(17,18)19)10-4-5-11(26-10)15(24)22-6-2-3-9(7-22)14(20)23;1-2/h4-5,9H,2-3,6-7H2,1H3,(H2,20,23);1-2H3. The highest BCUT2D eigenvalue weighted by molar-refractivity contribution is 7.17. The topological polar surface area (TPSA) is 89.4 Å². The van der Waals surface area contributed by atoms with Gasteiger partial charge >= 0.3 is 6.18 Å². The Hall–Kier alpha value is -2.36. The molecule has 1 aliphatic rings. The van der Waals surface area contributed by atoms with E-state index in [4.69, 9.17) is 5.73 Å². The molecule has 28 heavy (non-hydrogen) atoms. The predicted octanol–water partition coefficient (Wildman–Crippen LogP) is 4.09. The number of aromatic nitrogens is 1. The van der Waals surface area contributed by atoms with Gasteiger partial charge in [-0.1, -0.05) is 19.0 Å². The third-order valence-electron chi connectivity index (χ3n) is 4.34. The molecule has 0 saturated carbocycles. The van der Waals surface area contributed by atoms with Crippen LogP contribution in [-0.2, 0) is 11.0 Å². The van der Waals surface area contributed by atoms with Crippen LogP contribution in [0.5, 0.6) is 0 Å². The first-order valence-corrected chi connectivity index (χ1v) is 9.72. The van der Waals surface area contributed by atoms with Crippen LogP contribution >= 0.6 is 11.3 Å². The molecule has 0 aliphatic carbocycles. The first-order chi connectivity index (χ1) is 13.2. The van der Waals surface area contributed by atoms with Gasteiger partial charge in [0.1, 0.15) is 5.69 Å². The van der Waals surface area contributed by atoms with E-state index in [1.165, 1.54) is 13.0 Å². The maximum Gasteiger partial charge on any atom is 0.452 e. The van der Waals surface area contributed by atoms with Gasteiger partial charge < -0.3 is 15.2 Å². The fourth-order valence-corrected chi connectivity index (χ4v) is 3.97. The van der Waals surface area contributed by atoms with Gasteiger partial charge in [-0.05, 0) is 31.9 Å². The molecule has 10 heteroatoms. The molecule has 1 fully saturated rings. The normalized spacial score (nSPS) is 17.1. The van der Waals surface area contributed by atoms with E-state index in [-0.39, 0.29) is 29.6 Å². The molecule has 2 aromatic rings. The van der Waals surface area contributed by atoms with E-state index in [0.717, 1.165) is 11.3 Å². The summed E-state index contributed by atoms with van der Waals surface area (Å²) in [6.07, 6.45) is -3.30. The number of halogens is 3. The van der Waals surface area contributed by atoms with E-state index in [1.807, 2.05) is 13.8 Å². The fourth-order valence-electron chi connectivity index (χ4n) is 2.96. The number of alkyl halides is 3. The molecule has 2 amide bonds. The number of carbonyl (C=O) groups excluding carboxylic acids is 2. The zero-order chi connectivity index (χ0) is 21.1. The van der Waals surface area contributed by atoms with Crippen molar-refractivity contribution in [3.8, 4) is 10.6 Å². The number of amides is 2. The van der Waals surface area contributed by atoms with Crippen LogP contribution in [0.3, 0.4) is 0 Å². The summed E-state index contributed by atoms with van der Waals surface area (Å²) in [5.74, 6) is -2.23. The number of hydrogen-bond acceptors (Lipinski definition) is 5. The zero-order valence-corrected chi connectivity index (χ0v) is 16.6. The molecule has 0 radical (unpaired) electrons. The maximum atomic E-state index is 12.8. The summed E-state index contributed by atoms with van der Waals surface area (Å²) < 4.78 is 42.9. The molecular weight excluding hydrogens is 395 g/mol. The Balaban J connectivity index is 0.00000136. The molecule has 0 spiro atoms. The summed E-state index contributed by atoms with van der Waals surface area (Å²) in [4.78, 5) is 26.3. The first-order valence-electron chi connectivity index (χ1n) is 8.90. The molecular formula is C18H22F3N3O3S. The van der Waals surface area contributed by atoms with E-state index in [9.17, 15) is 22.8 Å². The van der Waals surface area contributed by atoms with Gasteiger partial charge in [0.05, 0.1) is 15.7 Å². The second-order valence-corrected chi connectivity index (χ2v) is 7.22. The third kappa shape index (κ3) is 4.54. The minimum absolute atomic E-state index is 0.0648. The Morgan fingerprint density at radius 3 is 2.57 bits per heavy atom. The maximum absolute atomic E-state index is 12.8. The van der Waals surface area contributed by atoms with Gasteiger partial charge in [-0.3, -0.25) is 9.59 Å². The van der Waals surface area contributed by atoms with E-state index in [1.54, 1.807) is 11.0 Å². The highest BCUT2D eigenvalue weighted by Gasteiger charge is 2.39. The summed E-state index contributed by atoms with van der Waals surface area (Å²) in [6, 6.07) is 3.08. The van der Waals surface area contributed by atoms with E-state index in [2.05, 4.69) is 9.68 Å². The summed E-state index contributed by atoms with van der Waals surface area (Å²) in [5.41, 5.74) is 5.26. The summed E-state index contributed by atoms with van der Waals surface area (Å²) in [7, 11) is 0. The number of thiophene rings is 1. The number of nitrogens with two attached hydrogens (primary N) is 1. The number of hydrogen-bond donors (Lipinski definition) is 1. The molecule has 2 aromatic heterocycles. The van der Waals surface area contributed by atoms with Crippen LogP contribution in [0.15, 0.2) is 16.7 Å². The molecule has 0 bridgehead atoms. The molecule has 6 nitrogen and oxygen atoms in total. The molecule has 2 N–H and O–H groups in total. The smallest absolute Gasteiger partial charge is 0.369 e. The lowest BCUT2D eigenvalue weighted by Crippen LogP contribution is -2.43. The molecule has 0 aromatic carbocycles. The van der Waals surface area contributed by atoms with Gasteiger partial charge in [-0.15, -0.1) is 11.3 Å². The third-order valence-corrected chi connectivity index (χ3v) is 5.42. The lowest BCUT2D eigenvalue weighted by Gasteiger charge is -2.30. The molecule has 1 aliphatic heterocycles. The van der Waals surface area contributed by atoms with Crippen LogP contribution < -0.4 is 5.73 Å². The van der Waals surface area contributed by atoms with Crippen molar-refractivity contribution in [1.29, 1.82) is 0 Å². The second kappa shape index (κ2) is 8.76. The van der Waals surface area contributed by atoms with Crippen LogP contribution in [-0.4, -0.2) is 35.0 Å².